The number of pyridine rings is 1. The molecule has 1 N–H and O–H groups in total. The van der Waals surface area contributed by atoms with Gasteiger partial charge in [-0.25, -0.2) is 4.98 Å². The van der Waals surface area contributed by atoms with E-state index in [4.69, 9.17) is 4.74 Å². The third-order valence-corrected chi connectivity index (χ3v) is 4.81. The molecule has 148 valence electrons. The number of carbonyl (C=O) groups is 3. The highest BCUT2D eigenvalue weighted by atomic mass is 16.5. The first-order valence-electron chi connectivity index (χ1n) is 9.28. The number of rotatable bonds is 7. The first kappa shape index (κ1) is 18.8. The van der Waals surface area contributed by atoms with Crippen molar-refractivity contribution in [1.82, 2.24) is 19.6 Å². The maximum Gasteiger partial charge on any atom is 0.261 e. The minimum atomic E-state index is -0.379. The highest BCUT2D eigenvalue weighted by molar-refractivity contribution is 6.22. The minimum absolute atomic E-state index is 0.257. The van der Waals surface area contributed by atoms with Gasteiger partial charge in [-0.3, -0.25) is 19.3 Å². The molecule has 0 spiro atoms. The van der Waals surface area contributed by atoms with E-state index in [1.165, 1.54) is 17.0 Å². The summed E-state index contributed by atoms with van der Waals surface area (Å²) in [7, 11) is 1.57. The Morgan fingerprint density at radius 2 is 1.97 bits per heavy atom. The topological polar surface area (TPSA) is 93.0 Å². The highest BCUT2D eigenvalue weighted by Crippen LogP contribution is 2.24. The summed E-state index contributed by atoms with van der Waals surface area (Å²) in [6.45, 7) is 1.01. The van der Waals surface area contributed by atoms with Crippen LogP contribution in [-0.4, -0.2) is 52.3 Å². The summed E-state index contributed by atoms with van der Waals surface area (Å²) in [5, 5.41) is 2.81. The first-order chi connectivity index (χ1) is 14.1. The zero-order chi connectivity index (χ0) is 20.4. The summed E-state index contributed by atoms with van der Waals surface area (Å²) >= 11 is 0. The molecular formula is C21H20N4O4. The molecule has 0 aliphatic carbocycles. The van der Waals surface area contributed by atoms with Crippen LogP contribution in [0.15, 0.2) is 48.8 Å². The summed E-state index contributed by atoms with van der Waals surface area (Å²) in [5.41, 5.74) is 2.43. The van der Waals surface area contributed by atoms with Crippen molar-refractivity contribution < 1.29 is 19.1 Å². The molecule has 3 heterocycles. The largest absolute Gasteiger partial charge is 0.385 e. The number of hydrogen-bond donors (Lipinski definition) is 1. The van der Waals surface area contributed by atoms with Gasteiger partial charge < -0.3 is 14.5 Å². The van der Waals surface area contributed by atoms with E-state index in [1.807, 2.05) is 35.0 Å². The number of carbonyl (C=O) groups excluding carboxylic acids is 3. The molecular weight excluding hydrogens is 372 g/mol. The Labute approximate surface area is 167 Å². The van der Waals surface area contributed by atoms with Gasteiger partial charge in [0, 0.05) is 38.2 Å². The number of nitrogens with one attached hydrogen (secondary N) is 1. The minimum Gasteiger partial charge on any atom is -0.385 e. The molecule has 3 aromatic rings. The normalized spacial score (nSPS) is 13.2. The van der Waals surface area contributed by atoms with Gasteiger partial charge in [0.15, 0.2) is 0 Å². The van der Waals surface area contributed by atoms with Gasteiger partial charge in [0.05, 0.1) is 23.4 Å². The third-order valence-electron chi connectivity index (χ3n) is 4.81. The molecule has 29 heavy (non-hydrogen) atoms. The second-order valence-corrected chi connectivity index (χ2v) is 6.75. The van der Waals surface area contributed by atoms with Gasteiger partial charge in [0.25, 0.3) is 17.7 Å². The first-order valence-corrected chi connectivity index (χ1v) is 9.28. The number of imide groups is 1. The van der Waals surface area contributed by atoms with Crippen molar-refractivity contribution in [3.63, 3.8) is 0 Å². The fourth-order valence-electron chi connectivity index (χ4n) is 3.35. The summed E-state index contributed by atoms with van der Waals surface area (Å²) < 4.78 is 6.85. The molecule has 0 saturated carbocycles. The quantitative estimate of drug-likeness (QED) is 0.490. The fourth-order valence-corrected chi connectivity index (χ4v) is 3.35. The summed E-state index contributed by atoms with van der Waals surface area (Å²) in [6, 6.07) is 10.2. The monoisotopic (exact) mass is 392 g/mol. The summed E-state index contributed by atoms with van der Waals surface area (Å²) in [4.78, 5) is 43.2. The molecule has 8 heteroatoms. The van der Waals surface area contributed by atoms with Gasteiger partial charge in [-0.15, -0.1) is 0 Å². The Bertz CT molecular complexity index is 1070. The Morgan fingerprint density at radius 3 is 2.76 bits per heavy atom. The lowest BCUT2D eigenvalue weighted by molar-refractivity contribution is 0.0638. The average Bonchev–Trinajstić information content (AvgIpc) is 3.26. The lowest BCUT2D eigenvalue weighted by Crippen LogP contribution is -2.31. The van der Waals surface area contributed by atoms with Crippen LogP contribution in [0.3, 0.4) is 0 Å². The molecule has 1 aliphatic heterocycles. The van der Waals surface area contributed by atoms with Crippen molar-refractivity contribution >= 4 is 23.4 Å². The zero-order valence-electron chi connectivity index (χ0n) is 15.9. The van der Waals surface area contributed by atoms with E-state index in [2.05, 4.69) is 10.3 Å². The molecule has 2 aromatic heterocycles. The van der Waals surface area contributed by atoms with Crippen molar-refractivity contribution in [3.8, 4) is 0 Å². The van der Waals surface area contributed by atoms with Gasteiger partial charge in [0.2, 0.25) is 0 Å². The predicted molar refractivity (Wildman–Crippen MR) is 105 cm³/mol. The van der Waals surface area contributed by atoms with Gasteiger partial charge >= 0.3 is 0 Å². The molecule has 0 saturated heterocycles. The number of imidazole rings is 1. The van der Waals surface area contributed by atoms with E-state index in [-0.39, 0.29) is 36.4 Å². The van der Waals surface area contributed by atoms with Crippen molar-refractivity contribution in [1.29, 1.82) is 0 Å². The lowest BCUT2D eigenvalue weighted by atomic mass is 10.1. The lowest BCUT2D eigenvalue weighted by Gasteiger charge is -2.12. The summed E-state index contributed by atoms with van der Waals surface area (Å²) in [6.07, 6.45) is 4.29. The third kappa shape index (κ3) is 3.62. The molecule has 1 aliphatic rings. The number of methoxy groups -OCH3 is 1. The second kappa shape index (κ2) is 7.84. The van der Waals surface area contributed by atoms with Crippen LogP contribution in [-0.2, 0) is 11.3 Å². The molecule has 0 unspecified atom stereocenters. The zero-order valence-corrected chi connectivity index (χ0v) is 15.9. The number of nitrogens with zero attached hydrogens (tertiary/aromatic N) is 3. The maximum absolute atomic E-state index is 12.6. The van der Waals surface area contributed by atoms with Crippen LogP contribution in [0.1, 0.15) is 43.2 Å². The number of fused-ring (bicyclic) bond motifs is 2. The standard InChI is InChI=1S/C21H20N4O4/c1-29-10-4-9-25-20(27)16-7-6-14(11-17(16)21(25)28)19(26)22-12-15-13-24-8-3-2-5-18(24)23-15/h2-3,5-8,11,13H,4,9-10,12H2,1H3,(H,22,26). The van der Waals surface area contributed by atoms with Crippen LogP contribution < -0.4 is 5.32 Å². The number of aromatic nitrogens is 2. The van der Waals surface area contributed by atoms with Gasteiger partial charge in [-0.05, 0) is 36.8 Å². The molecule has 0 fully saturated rings. The Hall–Kier alpha value is -3.52. The van der Waals surface area contributed by atoms with Crippen molar-refractivity contribution in [2.45, 2.75) is 13.0 Å². The number of amides is 3. The Kier molecular flexibility index (Phi) is 5.09. The molecule has 4 rings (SSSR count). The molecule has 1 aromatic carbocycles. The Morgan fingerprint density at radius 1 is 1.14 bits per heavy atom. The number of benzene rings is 1. The molecule has 0 bridgehead atoms. The molecule has 3 amide bonds. The number of hydrogen-bond acceptors (Lipinski definition) is 5. The van der Waals surface area contributed by atoms with Crippen LogP contribution in [0.4, 0.5) is 0 Å². The van der Waals surface area contributed by atoms with Crippen LogP contribution in [0.5, 0.6) is 0 Å². The molecule has 0 atom stereocenters. The highest BCUT2D eigenvalue weighted by Gasteiger charge is 2.35. The van der Waals surface area contributed by atoms with Gasteiger partial charge in [0.1, 0.15) is 5.65 Å². The van der Waals surface area contributed by atoms with Crippen LogP contribution in [0, 0.1) is 0 Å². The Balaban J connectivity index is 1.45. The van der Waals surface area contributed by atoms with Crippen molar-refractivity contribution in [2.24, 2.45) is 0 Å². The SMILES string of the molecule is COCCCN1C(=O)c2ccc(C(=O)NCc3cn4ccccc4n3)cc2C1=O. The van der Waals surface area contributed by atoms with E-state index in [0.29, 0.717) is 24.2 Å². The van der Waals surface area contributed by atoms with Crippen LogP contribution in [0.25, 0.3) is 5.65 Å². The summed E-state index contributed by atoms with van der Waals surface area (Å²) in [5.74, 6) is -1.04. The fraction of sp³-hybridized carbons (Fsp3) is 0.238. The van der Waals surface area contributed by atoms with Crippen LogP contribution in [0.2, 0.25) is 0 Å². The van der Waals surface area contributed by atoms with Gasteiger partial charge in [-0.2, -0.15) is 0 Å². The van der Waals surface area contributed by atoms with Crippen LogP contribution >= 0.6 is 0 Å². The van der Waals surface area contributed by atoms with Crippen molar-refractivity contribution in [2.75, 3.05) is 20.3 Å². The average molecular weight is 392 g/mol. The van der Waals surface area contributed by atoms with E-state index < -0.39 is 0 Å². The second-order valence-electron chi connectivity index (χ2n) is 6.75. The molecule has 8 nitrogen and oxygen atoms in total. The van der Waals surface area contributed by atoms with Crippen molar-refractivity contribution in [3.05, 3.63) is 71.2 Å². The van der Waals surface area contributed by atoms with Gasteiger partial charge in [-0.1, -0.05) is 6.07 Å². The van der Waals surface area contributed by atoms with E-state index >= 15 is 0 Å². The van der Waals surface area contributed by atoms with E-state index in [0.717, 1.165) is 11.3 Å². The maximum atomic E-state index is 12.6. The smallest absolute Gasteiger partial charge is 0.261 e. The number of ether oxygens (including phenoxy) is 1. The molecule has 0 radical (unpaired) electrons. The predicted octanol–water partition coefficient (Wildman–Crippen LogP) is 1.90. The van der Waals surface area contributed by atoms with E-state index in [9.17, 15) is 14.4 Å². The van der Waals surface area contributed by atoms with E-state index in [1.54, 1.807) is 13.2 Å².